The molecule has 1 aliphatic heterocycles. The number of imidazole rings is 2. The molecule has 10 unspecified atom stereocenters. The number of aromatic nitrogens is 5. The number of benzene rings is 2. The molecule has 2 aromatic carbocycles. The number of hydrogen-bond acceptors (Lipinski definition) is 18. The first-order valence-corrected chi connectivity index (χ1v) is 31.3. The molecule has 20 N–H and O–H groups in total. The van der Waals surface area contributed by atoms with Crippen LogP contribution in [0.1, 0.15) is 62.0 Å². The molecule has 94 heavy (non-hydrogen) atoms. The predicted molar refractivity (Wildman–Crippen MR) is 348 cm³/mol. The van der Waals surface area contributed by atoms with Crippen molar-refractivity contribution in [2.75, 3.05) is 37.7 Å². The number of likely N-dealkylation sites (tertiary alicyclic amines) is 1. The highest BCUT2D eigenvalue weighted by Crippen LogP contribution is 2.22. The van der Waals surface area contributed by atoms with Gasteiger partial charge in [0.1, 0.15) is 54.4 Å². The Hall–Kier alpha value is -10.0. The van der Waals surface area contributed by atoms with Crippen molar-refractivity contribution >= 4 is 113 Å². The smallest absolute Gasteiger partial charge is 0.325 e. The third-order valence-electron chi connectivity index (χ3n) is 15.0. The van der Waals surface area contributed by atoms with E-state index in [4.69, 9.17) is 17.2 Å². The molecule has 0 bridgehead atoms. The number of nitrogens with one attached hydrogen (secondary N) is 13. The number of hydrogen-bond donors (Lipinski definition) is 19. The number of aliphatic imine (C=N–C) groups is 1. The van der Waals surface area contributed by atoms with Gasteiger partial charge in [0.15, 0.2) is 5.96 Å². The van der Waals surface area contributed by atoms with Crippen molar-refractivity contribution in [3.8, 4) is 0 Å². The Morgan fingerprint density at radius 3 is 1.80 bits per heavy atom. The summed E-state index contributed by atoms with van der Waals surface area (Å²) in [5.74, 6) is -10.8. The maximum absolute atomic E-state index is 14.9. The van der Waals surface area contributed by atoms with Gasteiger partial charge in [0.05, 0.1) is 31.8 Å². The number of amides is 11. The number of carboxylic acid groups (broad SMARTS) is 1. The second kappa shape index (κ2) is 36.3. The summed E-state index contributed by atoms with van der Waals surface area (Å²) in [7, 11) is 0. The number of aliphatic carboxylic acids is 1. The zero-order valence-corrected chi connectivity index (χ0v) is 53.3. The van der Waals surface area contributed by atoms with Crippen LogP contribution < -0.4 is 70.4 Å². The van der Waals surface area contributed by atoms with Gasteiger partial charge in [-0.25, -0.2) is 9.97 Å². The summed E-state index contributed by atoms with van der Waals surface area (Å²) in [6.45, 7) is 1.45. The van der Waals surface area contributed by atoms with E-state index in [9.17, 15) is 62.6 Å². The molecule has 6 rings (SSSR count). The minimum absolute atomic E-state index is 0.0250. The minimum Gasteiger partial charge on any atom is -0.480 e. The van der Waals surface area contributed by atoms with Gasteiger partial charge in [0, 0.05) is 91.2 Å². The monoisotopic (exact) mass is 1340 g/mol. The molecule has 5 aromatic rings. The molecule has 1 fully saturated rings. The second-order valence-corrected chi connectivity index (χ2v) is 22.9. The predicted octanol–water partition coefficient (Wildman–Crippen LogP) is -4.65. The summed E-state index contributed by atoms with van der Waals surface area (Å²) in [6.07, 6.45) is 7.56. The van der Waals surface area contributed by atoms with E-state index in [2.05, 4.69) is 108 Å². The van der Waals surface area contributed by atoms with Gasteiger partial charge in [-0.15, -0.1) is 0 Å². The molecule has 506 valence electrons. The summed E-state index contributed by atoms with van der Waals surface area (Å²) in [6, 6.07) is 2.76. The first-order chi connectivity index (χ1) is 44.9. The lowest BCUT2D eigenvalue weighted by Gasteiger charge is -2.31. The first kappa shape index (κ1) is 73.0. The molecule has 0 radical (unpaired) electrons. The van der Waals surface area contributed by atoms with Crippen LogP contribution in [0, 0.1) is 0 Å². The van der Waals surface area contributed by atoms with Crippen molar-refractivity contribution in [3.05, 3.63) is 108 Å². The van der Waals surface area contributed by atoms with Crippen LogP contribution in [-0.4, -0.2) is 210 Å². The van der Waals surface area contributed by atoms with Crippen molar-refractivity contribution in [3.63, 3.8) is 0 Å². The number of rotatable bonds is 36. The number of nitrogens with two attached hydrogens (primary N) is 3. The van der Waals surface area contributed by atoms with E-state index in [1.807, 2.05) is 0 Å². The number of carbonyl (C=O) groups excluding carboxylic acids is 11. The van der Waals surface area contributed by atoms with Crippen LogP contribution in [0.25, 0.3) is 10.9 Å². The second-order valence-electron chi connectivity index (χ2n) is 22.1. The van der Waals surface area contributed by atoms with Crippen molar-refractivity contribution in [2.45, 2.75) is 126 Å². The highest BCUT2D eigenvalue weighted by atomic mass is 32.1. The average Bonchev–Trinajstić information content (AvgIpc) is 1.62. The SMILES string of the molecule is CC(NC(=O)C(Cc1cnc[nH]1)NC(=O)C(CS)NC(=O)C1CCCN1C(=O)C(CCCN=C(N)N)NC(=O)C(Cc1ccccc1)NC(=O)C(Cc1c[nH]c2ccccc12)NC(=O)C(C)NC(=O)CNC(=O)C(CS)NC(=O)CNC(=O)C(N)Cc1cnc[nH]1)C(=O)O. The first-order valence-electron chi connectivity index (χ1n) is 30.0. The topological polar surface area (TPSA) is 512 Å². The fourth-order valence-electron chi connectivity index (χ4n) is 9.94. The molecule has 4 heterocycles. The summed E-state index contributed by atoms with van der Waals surface area (Å²) in [4.78, 5) is 185. The maximum atomic E-state index is 14.9. The Kier molecular flexibility index (Phi) is 28.2. The summed E-state index contributed by atoms with van der Waals surface area (Å²) < 4.78 is 0. The van der Waals surface area contributed by atoms with Crippen LogP contribution in [0.15, 0.2) is 90.8 Å². The zero-order valence-electron chi connectivity index (χ0n) is 51.5. The molecular formula is C59H80N20O13S2. The van der Waals surface area contributed by atoms with Crippen molar-refractivity contribution in [1.82, 2.24) is 83.0 Å². The number of thiol groups is 2. The molecular weight excluding hydrogens is 1260 g/mol. The molecule has 0 aliphatic carbocycles. The highest BCUT2D eigenvalue weighted by molar-refractivity contribution is 7.80. The third-order valence-corrected chi connectivity index (χ3v) is 15.7. The van der Waals surface area contributed by atoms with Gasteiger partial charge in [-0.2, -0.15) is 25.3 Å². The van der Waals surface area contributed by atoms with Gasteiger partial charge in [0.25, 0.3) is 0 Å². The number of H-pyrrole nitrogens is 3. The fourth-order valence-corrected chi connectivity index (χ4v) is 10.5. The van der Waals surface area contributed by atoms with Gasteiger partial charge >= 0.3 is 5.97 Å². The number of carbonyl (C=O) groups is 12. The summed E-state index contributed by atoms with van der Waals surface area (Å²) >= 11 is 8.44. The quantitative estimate of drug-likeness (QED) is 0.00776. The highest BCUT2D eigenvalue weighted by Gasteiger charge is 2.40. The molecule has 1 aliphatic rings. The van der Waals surface area contributed by atoms with E-state index in [1.54, 1.807) is 60.8 Å². The van der Waals surface area contributed by atoms with Crippen LogP contribution in [-0.2, 0) is 83.2 Å². The van der Waals surface area contributed by atoms with Gasteiger partial charge in [0.2, 0.25) is 65.0 Å². The number of carboxylic acids is 1. The van der Waals surface area contributed by atoms with Crippen LogP contribution in [0.5, 0.6) is 0 Å². The molecule has 10 atom stereocenters. The van der Waals surface area contributed by atoms with E-state index in [1.165, 1.54) is 43.8 Å². The van der Waals surface area contributed by atoms with Gasteiger partial charge < -0.3 is 95.3 Å². The molecule has 0 saturated carbocycles. The number of fused-ring (bicyclic) bond motifs is 1. The van der Waals surface area contributed by atoms with E-state index < -0.39 is 144 Å². The molecule has 35 heteroatoms. The lowest BCUT2D eigenvalue weighted by atomic mass is 10.0. The number of para-hydroxylation sites is 1. The van der Waals surface area contributed by atoms with Crippen LogP contribution in [0.3, 0.4) is 0 Å². The minimum atomic E-state index is -1.44. The number of aromatic amines is 3. The normalized spacial score (nSPS) is 15.5. The lowest BCUT2D eigenvalue weighted by Crippen LogP contribution is -2.60. The Morgan fingerprint density at radius 1 is 0.617 bits per heavy atom. The zero-order chi connectivity index (χ0) is 68.4. The Morgan fingerprint density at radius 2 is 1.17 bits per heavy atom. The van der Waals surface area contributed by atoms with E-state index in [0.717, 1.165) is 0 Å². The van der Waals surface area contributed by atoms with E-state index in [-0.39, 0.29) is 75.5 Å². The molecule has 33 nitrogen and oxygen atoms in total. The van der Waals surface area contributed by atoms with Gasteiger partial charge in [-0.05, 0) is 56.7 Å². The number of guanidine groups is 1. The standard InChI is InChI=1S/C59H80N20O13S2/c1-31(71-47(80)25-68-51(84)44(27-93)73-48(81)26-67-50(83)38(60)20-35-23-63-29-69-35)49(82)75-42(19-34-22-66-39-13-7-6-12-37(34)39)54(87)76-41(18-33-10-4-3-5-11-33)53(86)74-40(14-8-16-65-59(61)62)57(90)79-17-9-15-46(79)56(89)78-45(28-94)55(88)77-43(21-36-24-64-30-70-36)52(85)72-32(2)58(91)92/h3-7,10-13,22-24,29-32,38,40-46,66,93-94H,8-9,14-21,25-28,60H2,1-2H3,(H,63,69)(H,64,70)(H,67,83)(H,68,84)(H,71,80)(H,72,85)(H,73,81)(H,74,86)(H,75,82)(H,76,87)(H,77,88)(H,78,89)(H,91,92)(H4,61,62,65). The lowest BCUT2D eigenvalue weighted by molar-refractivity contribution is -0.142. The van der Waals surface area contributed by atoms with Crippen LogP contribution in [0.2, 0.25) is 0 Å². The van der Waals surface area contributed by atoms with Crippen molar-refractivity contribution in [1.29, 1.82) is 0 Å². The van der Waals surface area contributed by atoms with Crippen molar-refractivity contribution in [2.24, 2.45) is 22.2 Å². The Balaban J connectivity index is 1.15. The maximum Gasteiger partial charge on any atom is 0.325 e. The van der Waals surface area contributed by atoms with Gasteiger partial charge in [-0.1, -0.05) is 48.5 Å². The molecule has 0 spiro atoms. The molecule has 1 saturated heterocycles. The Labute approximate surface area is 550 Å². The fraction of sp³-hybridized carbons (Fsp3) is 0.441. The average molecular weight is 1340 g/mol. The largest absolute Gasteiger partial charge is 0.480 e. The summed E-state index contributed by atoms with van der Waals surface area (Å²) in [5.41, 5.74) is 20.0. The molecule has 3 aromatic heterocycles. The number of nitrogens with zero attached hydrogens (tertiary/aromatic N) is 4. The molecule has 11 amide bonds. The van der Waals surface area contributed by atoms with Crippen molar-refractivity contribution < 1.29 is 62.6 Å². The Bertz CT molecular complexity index is 3460. The van der Waals surface area contributed by atoms with Crippen LogP contribution in [0.4, 0.5) is 0 Å². The van der Waals surface area contributed by atoms with Crippen LogP contribution >= 0.6 is 25.3 Å². The third kappa shape index (κ3) is 22.4. The summed E-state index contributed by atoms with van der Waals surface area (Å²) in [5, 5.41) is 35.6. The van der Waals surface area contributed by atoms with E-state index >= 15 is 0 Å². The van der Waals surface area contributed by atoms with Gasteiger partial charge in [-0.3, -0.25) is 62.5 Å². The van der Waals surface area contributed by atoms with E-state index in [0.29, 0.717) is 39.8 Å².